The molecule has 2 fully saturated rings. The van der Waals surface area contributed by atoms with Crippen molar-refractivity contribution in [1.29, 1.82) is 0 Å². The van der Waals surface area contributed by atoms with Gasteiger partial charge in [-0.2, -0.15) is 10.1 Å². The monoisotopic (exact) mass is 362 g/mol. The molecule has 136 valence electrons. The van der Waals surface area contributed by atoms with Crippen molar-refractivity contribution in [3.05, 3.63) is 48.2 Å². The van der Waals surface area contributed by atoms with Crippen molar-refractivity contribution in [1.82, 2.24) is 9.58 Å². The van der Waals surface area contributed by atoms with E-state index in [9.17, 15) is 14.4 Å². The topological polar surface area (TPSA) is 97.8 Å². The molecule has 0 radical (unpaired) electrons. The van der Waals surface area contributed by atoms with Gasteiger partial charge in [-0.25, -0.2) is 0 Å². The summed E-state index contributed by atoms with van der Waals surface area (Å²) in [5, 5.41) is 6.14. The lowest BCUT2D eigenvalue weighted by Gasteiger charge is -2.13. The summed E-state index contributed by atoms with van der Waals surface area (Å²) in [4.78, 5) is 36.7. The Bertz CT molecular complexity index is 1020. The molecule has 27 heavy (non-hydrogen) atoms. The zero-order valence-corrected chi connectivity index (χ0v) is 14.5. The van der Waals surface area contributed by atoms with Crippen molar-refractivity contribution in [2.24, 2.45) is 34.5 Å². The second-order valence-electron chi connectivity index (χ2n) is 7.43. The molecule has 1 saturated heterocycles. The Morgan fingerprint density at radius 2 is 1.81 bits per heavy atom. The molecule has 1 aromatic heterocycles. The van der Waals surface area contributed by atoms with Crippen molar-refractivity contribution < 1.29 is 14.4 Å². The fourth-order valence-corrected chi connectivity index (χ4v) is 4.80. The summed E-state index contributed by atoms with van der Waals surface area (Å²) >= 11 is 0. The van der Waals surface area contributed by atoms with E-state index < -0.39 is 5.91 Å². The van der Waals surface area contributed by atoms with Crippen LogP contribution in [0.1, 0.15) is 12.0 Å². The quantitative estimate of drug-likeness (QED) is 0.504. The largest absolute Gasteiger partial charge is 0.368 e. The number of allylic oxidation sites excluding steroid dienone is 2. The van der Waals surface area contributed by atoms with E-state index in [4.69, 9.17) is 5.73 Å². The molecule has 2 aliphatic carbocycles. The van der Waals surface area contributed by atoms with Crippen LogP contribution in [-0.4, -0.2) is 33.5 Å². The van der Waals surface area contributed by atoms with Crippen molar-refractivity contribution in [2.75, 3.05) is 0 Å². The number of primary amides is 1. The minimum Gasteiger partial charge on any atom is -0.368 e. The summed E-state index contributed by atoms with van der Waals surface area (Å²) in [5.41, 5.74) is 6.89. The number of nitrogens with two attached hydrogens (primary N) is 1. The summed E-state index contributed by atoms with van der Waals surface area (Å²) in [7, 11) is 0. The molecule has 1 aromatic carbocycles. The molecule has 3 aliphatic rings. The first kappa shape index (κ1) is 16.0. The van der Waals surface area contributed by atoms with E-state index in [2.05, 4.69) is 17.3 Å². The molecule has 0 spiro atoms. The first-order valence-corrected chi connectivity index (χ1v) is 9.01. The van der Waals surface area contributed by atoms with Gasteiger partial charge in [-0.05, 0) is 24.3 Å². The fraction of sp³-hybridized carbons (Fsp3) is 0.300. The number of imide groups is 1. The first-order valence-electron chi connectivity index (χ1n) is 9.01. The molecule has 2 heterocycles. The van der Waals surface area contributed by atoms with Crippen LogP contribution in [0.2, 0.25) is 0 Å². The lowest BCUT2D eigenvalue weighted by molar-refractivity contribution is -0.140. The first-order chi connectivity index (χ1) is 13.0. The second kappa shape index (κ2) is 5.64. The highest BCUT2D eigenvalue weighted by Gasteiger charge is 2.59. The molecule has 2 bridgehead atoms. The van der Waals surface area contributed by atoms with Crippen molar-refractivity contribution >= 4 is 34.8 Å². The van der Waals surface area contributed by atoms with Gasteiger partial charge in [-0.15, -0.1) is 0 Å². The summed E-state index contributed by atoms with van der Waals surface area (Å²) in [6.45, 7) is 0.0507. The van der Waals surface area contributed by atoms with E-state index in [0.717, 1.165) is 27.9 Å². The van der Waals surface area contributed by atoms with Crippen LogP contribution < -0.4 is 5.73 Å². The molecular formula is C20H18N4O3. The molecule has 2 N–H and O–H groups in total. The number of carbonyl (C=O) groups excluding carboxylic acids is 3. The number of carbonyl (C=O) groups is 3. The van der Waals surface area contributed by atoms with E-state index in [1.165, 1.54) is 6.21 Å². The van der Waals surface area contributed by atoms with Gasteiger partial charge in [-0.3, -0.25) is 14.4 Å². The molecule has 5 rings (SSSR count). The molecule has 7 nitrogen and oxygen atoms in total. The second-order valence-corrected chi connectivity index (χ2v) is 7.43. The average Bonchev–Trinajstić information content (AvgIpc) is 3.38. The van der Waals surface area contributed by atoms with Gasteiger partial charge in [0.05, 0.1) is 18.1 Å². The van der Waals surface area contributed by atoms with Gasteiger partial charge in [0.2, 0.25) is 5.91 Å². The number of benzene rings is 1. The predicted molar refractivity (Wildman–Crippen MR) is 98.3 cm³/mol. The Kier molecular flexibility index (Phi) is 3.34. The van der Waals surface area contributed by atoms with Gasteiger partial charge < -0.3 is 10.3 Å². The van der Waals surface area contributed by atoms with Crippen LogP contribution in [0.15, 0.2) is 47.7 Å². The highest BCUT2D eigenvalue weighted by Crippen LogP contribution is 2.52. The minimum absolute atomic E-state index is 0.0507. The number of hydrogen-bond acceptors (Lipinski definition) is 4. The molecule has 3 amide bonds. The Morgan fingerprint density at radius 3 is 2.48 bits per heavy atom. The molecule has 4 atom stereocenters. The number of amides is 3. The van der Waals surface area contributed by atoms with Crippen LogP contribution in [0.4, 0.5) is 0 Å². The standard InChI is InChI=1S/C20H18N4O3/c21-16(25)10-23-9-13(14-3-1-2-4-15(14)23)8-22-24-19(26)17-11-5-6-12(7-11)18(17)20(24)27/h1-6,8-9,11-12,17-18H,7,10H2,(H2,21,25)/t11-,12-,17-,18+/m0/s1. The molecule has 7 heteroatoms. The maximum absolute atomic E-state index is 12.7. The van der Waals surface area contributed by atoms with Crippen LogP contribution in [0.5, 0.6) is 0 Å². The molecule has 1 saturated carbocycles. The molecular weight excluding hydrogens is 344 g/mol. The molecule has 2 aromatic rings. The maximum atomic E-state index is 12.7. The van der Waals surface area contributed by atoms with Gasteiger partial charge in [0.25, 0.3) is 11.8 Å². The molecule has 1 aliphatic heterocycles. The average molecular weight is 362 g/mol. The third kappa shape index (κ3) is 2.27. The minimum atomic E-state index is -0.444. The Morgan fingerprint density at radius 1 is 1.15 bits per heavy atom. The number of aromatic nitrogens is 1. The van der Waals surface area contributed by atoms with Crippen LogP contribution in [0.3, 0.4) is 0 Å². The highest BCUT2D eigenvalue weighted by atomic mass is 16.2. The number of nitrogens with zero attached hydrogens (tertiary/aromatic N) is 3. The predicted octanol–water partition coefficient (Wildman–Crippen LogP) is 1.27. The van der Waals surface area contributed by atoms with Crippen molar-refractivity contribution in [3.63, 3.8) is 0 Å². The third-order valence-corrected chi connectivity index (χ3v) is 5.90. The van der Waals surface area contributed by atoms with Crippen LogP contribution in [0, 0.1) is 23.7 Å². The SMILES string of the molecule is NC(=O)Cn1cc(C=NN2C(=O)[C@@H]3[C@H](C2=O)[C@H]2C=C[C@H]3C2)c2ccccc21. The van der Waals surface area contributed by atoms with Crippen LogP contribution in [-0.2, 0) is 20.9 Å². The maximum Gasteiger partial charge on any atom is 0.254 e. The van der Waals surface area contributed by atoms with E-state index in [0.29, 0.717) is 0 Å². The van der Waals surface area contributed by atoms with Gasteiger partial charge in [0.1, 0.15) is 6.54 Å². The Balaban J connectivity index is 1.47. The number of para-hydroxylation sites is 1. The smallest absolute Gasteiger partial charge is 0.254 e. The Hall–Kier alpha value is -3.22. The number of fused-ring (bicyclic) bond motifs is 6. The van der Waals surface area contributed by atoms with E-state index in [1.54, 1.807) is 10.8 Å². The van der Waals surface area contributed by atoms with E-state index in [1.807, 2.05) is 24.3 Å². The van der Waals surface area contributed by atoms with Gasteiger partial charge in [0.15, 0.2) is 0 Å². The van der Waals surface area contributed by atoms with Crippen molar-refractivity contribution in [2.45, 2.75) is 13.0 Å². The van der Waals surface area contributed by atoms with Crippen LogP contribution >= 0.6 is 0 Å². The summed E-state index contributed by atoms with van der Waals surface area (Å²) in [6.07, 6.45) is 8.29. The van der Waals surface area contributed by atoms with Gasteiger partial charge in [0, 0.05) is 22.7 Å². The zero-order chi connectivity index (χ0) is 18.7. The van der Waals surface area contributed by atoms with Crippen LogP contribution in [0.25, 0.3) is 10.9 Å². The van der Waals surface area contributed by atoms with E-state index >= 15 is 0 Å². The number of hydrogen-bond donors (Lipinski definition) is 1. The Labute approximate surface area is 155 Å². The van der Waals surface area contributed by atoms with Crippen molar-refractivity contribution in [3.8, 4) is 0 Å². The highest BCUT2D eigenvalue weighted by molar-refractivity contribution is 6.07. The van der Waals surface area contributed by atoms with Gasteiger partial charge >= 0.3 is 0 Å². The lowest BCUT2D eigenvalue weighted by Crippen LogP contribution is -2.28. The molecule has 0 unspecified atom stereocenters. The zero-order valence-electron chi connectivity index (χ0n) is 14.5. The number of hydrazone groups is 1. The fourth-order valence-electron chi connectivity index (χ4n) is 4.80. The van der Waals surface area contributed by atoms with Gasteiger partial charge in [-0.1, -0.05) is 30.4 Å². The summed E-state index contributed by atoms with van der Waals surface area (Å²) in [5.74, 6) is -1.07. The summed E-state index contributed by atoms with van der Waals surface area (Å²) in [6, 6.07) is 7.54. The number of rotatable bonds is 4. The summed E-state index contributed by atoms with van der Waals surface area (Å²) < 4.78 is 1.74. The van der Waals surface area contributed by atoms with E-state index in [-0.39, 0.29) is 42.0 Å². The third-order valence-electron chi connectivity index (χ3n) is 5.90. The lowest BCUT2D eigenvalue weighted by atomic mass is 9.85. The normalized spacial score (nSPS) is 28.8.